The molecule has 0 saturated carbocycles. The lowest BCUT2D eigenvalue weighted by Gasteiger charge is -2.02. The molecule has 0 aliphatic heterocycles. The molecule has 0 radical (unpaired) electrons. The van der Waals surface area contributed by atoms with E-state index < -0.39 is 5.83 Å². The first-order chi connectivity index (χ1) is 6.15. The zero-order valence-electron chi connectivity index (χ0n) is 7.40. The van der Waals surface area contributed by atoms with Gasteiger partial charge in [-0.15, -0.1) is 11.6 Å². The average Bonchev–Trinajstić information content (AvgIpc) is 2.13. The predicted molar refractivity (Wildman–Crippen MR) is 54.8 cm³/mol. The first-order valence-electron chi connectivity index (χ1n) is 3.62. The quantitative estimate of drug-likeness (QED) is 0.318. The Balaban J connectivity index is 4.77. The van der Waals surface area contributed by atoms with Crippen molar-refractivity contribution in [2.45, 2.75) is 6.92 Å². The van der Waals surface area contributed by atoms with Crippen LogP contribution in [0, 0.1) is 12.5 Å². The third kappa shape index (κ3) is 4.39. The lowest BCUT2D eigenvalue weighted by Crippen LogP contribution is -2.04. The fourth-order valence-corrected chi connectivity index (χ4v) is 0.817. The second-order valence-corrected chi connectivity index (χ2v) is 2.56. The Hall–Kier alpha value is -1.20. The van der Waals surface area contributed by atoms with Crippen molar-refractivity contribution < 1.29 is 4.39 Å². The third-order valence-electron chi connectivity index (χ3n) is 1.34. The summed E-state index contributed by atoms with van der Waals surface area (Å²) < 4.78 is 12.7. The molecule has 0 aromatic rings. The van der Waals surface area contributed by atoms with Gasteiger partial charge in [-0.3, -0.25) is 0 Å². The zero-order chi connectivity index (χ0) is 10.3. The minimum absolute atomic E-state index is 0.141. The van der Waals surface area contributed by atoms with Gasteiger partial charge in [0.15, 0.2) is 0 Å². The molecule has 0 aliphatic carbocycles. The van der Waals surface area contributed by atoms with Crippen molar-refractivity contribution in [3.8, 4) is 12.5 Å². The number of terminal acetylenes is 1. The Labute approximate surface area is 83.0 Å². The summed E-state index contributed by atoms with van der Waals surface area (Å²) in [6, 6.07) is 2.23. The summed E-state index contributed by atoms with van der Waals surface area (Å²) in [6.45, 7) is 5.25. The maximum absolute atomic E-state index is 12.7. The molecule has 0 rings (SSSR count). The molecule has 0 aliphatic rings. The van der Waals surface area contributed by atoms with Crippen molar-refractivity contribution in [2.75, 3.05) is 5.88 Å². The van der Waals surface area contributed by atoms with E-state index >= 15 is 0 Å². The second-order valence-electron chi connectivity index (χ2n) is 2.29. The van der Waals surface area contributed by atoms with Crippen LogP contribution in [0.3, 0.4) is 0 Å². The number of alkyl halides is 1. The predicted octanol–water partition coefficient (Wildman–Crippen LogP) is 2.72. The van der Waals surface area contributed by atoms with Crippen molar-refractivity contribution in [1.82, 2.24) is 5.32 Å². The molecule has 13 heavy (non-hydrogen) atoms. The number of hydrogen-bond donors (Lipinski definition) is 1. The summed E-state index contributed by atoms with van der Waals surface area (Å²) in [7, 11) is 0. The van der Waals surface area contributed by atoms with Crippen LogP contribution in [0.15, 0.2) is 35.8 Å². The Morgan fingerprint density at radius 1 is 1.77 bits per heavy atom. The molecule has 0 fully saturated rings. The topological polar surface area (TPSA) is 12.0 Å². The van der Waals surface area contributed by atoms with Crippen LogP contribution < -0.4 is 5.32 Å². The van der Waals surface area contributed by atoms with Crippen LogP contribution in [0.5, 0.6) is 0 Å². The van der Waals surface area contributed by atoms with Gasteiger partial charge in [-0.2, -0.15) is 0 Å². The van der Waals surface area contributed by atoms with E-state index in [9.17, 15) is 4.39 Å². The Morgan fingerprint density at radius 3 is 2.77 bits per heavy atom. The molecule has 0 unspecified atom stereocenters. The van der Waals surface area contributed by atoms with Crippen LogP contribution >= 0.6 is 11.6 Å². The Morgan fingerprint density at radius 2 is 2.38 bits per heavy atom. The molecule has 0 aromatic carbocycles. The van der Waals surface area contributed by atoms with Gasteiger partial charge < -0.3 is 5.32 Å². The number of rotatable bonds is 4. The van der Waals surface area contributed by atoms with Crippen LogP contribution in [-0.2, 0) is 0 Å². The molecule has 0 aromatic heterocycles. The van der Waals surface area contributed by atoms with Gasteiger partial charge >= 0.3 is 0 Å². The van der Waals surface area contributed by atoms with Gasteiger partial charge in [-0.25, -0.2) is 4.39 Å². The molecular weight excluding hydrogens is 189 g/mol. The van der Waals surface area contributed by atoms with Crippen molar-refractivity contribution in [1.29, 1.82) is 0 Å². The van der Waals surface area contributed by atoms with Gasteiger partial charge in [-0.05, 0) is 24.6 Å². The molecule has 0 atom stereocenters. The highest BCUT2D eigenvalue weighted by Crippen LogP contribution is 2.09. The molecule has 0 amide bonds. The first-order valence-corrected chi connectivity index (χ1v) is 4.16. The molecule has 70 valence electrons. The van der Waals surface area contributed by atoms with E-state index in [2.05, 4.69) is 17.9 Å². The number of hydrogen-bond acceptors (Lipinski definition) is 1. The van der Waals surface area contributed by atoms with E-state index in [4.69, 9.17) is 18.0 Å². The number of allylic oxidation sites excluding steroid dienone is 4. The normalized spacial score (nSPS) is 12.9. The second kappa shape index (κ2) is 6.33. The average molecular weight is 200 g/mol. The molecule has 0 bridgehead atoms. The van der Waals surface area contributed by atoms with Crippen molar-refractivity contribution in [3.05, 3.63) is 35.8 Å². The van der Waals surface area contributed by atoms with E-state index in [1.807, 2.05) is 0 Å². The van der Waals surface area contributed by atoms with E-state index in [1.165, 1.54) is 12.2 Å². The first kappa shape index (κ1) is 11.8. The highest BCUT2D eigenvalue weighted by molar-refractivity contribution is 6.19. The number of nitrogens with one attached hydrogen (secondary N) is 1. The van der Waals surface area contributed by atoms with Gasteiger partial charge in [0, 0.05) is 11.7 Å². The molecule has 0 saturated heterocycles. The molecule has 0 heterocycles. The molecule has 3 heteroatoms. The number of halogens is 2. The van der Waals surface area contributed by atoms with Crippen LogP contribution in [-0.4, -0.2) is 5.88 Å². The van der Waals surface area contributed by atoms with Crippen LogP contribution in [0.25, 0.3) is 0 Å². The van der Waals surface area contributed by atoms with Crippen molar-refractivity contribution >= 4 is 11.6 Å². The Kier molecular flexibility index (Phi) is 5.75. The van der Waals surface area contributed by atoms with E-state index in [-0.39, 0.29) is 5.88 Å². The standard InChI is InChI=1S/C10H11ClFN/c1-4-10(13-5-2)8(3)6-9(12)7-11/h2,4,6,13H,1,7H2,3H3/b9-6+,10-8+. The van der Waals surface area contributed by atoms with Crippen LogP contribution in [0.1, 0.15) is 6.92 Å². The maximum Gasteiger partial charge on any atom is 0.115 e. The highest BCUT2D eigenvalue weighted by Gasteiger charge is 1.96. The SMILES string of the molecule is C#CN/C(C=C)=C(C)/C=C(/F)CCl. The lowest BCUT2D eigenvalue weighted by molar-refractivity contribution is 0.642. The minimum Gasteiger partial charge on any atom is -0.315 e. The van der Waals surface area contributed by atoms with Gasteiger partial charge in [0.25, 0.3) is 0 Å². The third-order valence-corrected chi connectivity index (χ3v) is 1.59. The van der Waals surface area contributed by atoms with Gasteiger partial charge in [0.2, 0.25) is 0 Å². The Bertz CT molecular complexity index is 284. The van der Waals surface area contributed by atoms with Gasteiger partial charge in [0.05, 0.1) is 5.88 Å². The minimum atomic E-state index is -0.405. The zero-order valence-corrected chi connectivity index (χ0v) is 8.16. The van der Waals surface area contributed by atoms with E-state index in [1.54, 1.807) is 6.92 Å². The van der Waals surface area contributed by atoms with Gasteiger partial charge in [-0.1, -0.05) is 13.0 Å². The summed E-state index contributed by atoms with van der Waals surface area (Å²) in [4.78, 5) is 0. The smallest absolute Gasteiger partial charge is 0.115 e. The van der Waals surface area contributed by atoms with Crippen LogP contribution in [0.2, 0.25) is 0 Å². The van der Waals surface area contributed by atoms with Gasteiger partial charge in [0.1, 0.15) is 5.83 Å². The maximum atomic E-state index is 12.7. The summed E-state index contributed by atoms with van der Waals surface area (Å²) in [5.41, 5.74) is 1.26. The lowest BCUT2D eigenvalue weighted by atomic mass is 10.2. The van der Waals surface area contributed by atoms with E-state index in [0.29, 0.717) is 11.3 Å². The van der Waals surface area contributed by atoms with Crippen molar-refractivity contribution in [3.63, 3.8) is 0 Å². The monoisotopic (exact) mass is 199 g/mol. The molecule has 1 nitrogen and oxygen atoms in total. The fraction of sp³-hybridized carbons (Fsp3) is 0.200. The summed E-state index contributed by atoms with van der Waals surface area (Å²) in [5.74, 6) is -0.546. The highest BCUT2D eigenvalue weighted by atomic mass is 35.5. The largest absolute Gasteiger partial charge is 0.315 e. The van der Waals surface area contributed by atoms with Crippen LogP contribution in [0.4, 0.5) is 4.39 Å². The molecule has 0 spiro atoms. The summed E-state index contributed by atoms with van der Waals surface area (Å²) >= 11 is 5.27. The fourth-order valence-electron chi connectivity index (χ4n) is 0.740. The summed E-state index contributed by atoms with van der Waals surface area (Å²) in [5, 5.41) is 2.60. The van der Waals surface area contributed by atoms with Crippen molar-refractivity contribution in [2.24, 2.45) is 0 Å². The summed E-state index contributed by atoms with van der Waals surface area (Å²) in [6.07, 6.45) is 7.86. The molecular formula is C10H11ClFN. The molecule has 1 N–H and O–H groups in total. The van der Waals surface area contributed by atoms with E-state index in [0.717, 1.165) is 0 Å².